The Morgan fingerprint density at radius 1 is 1.67 bits per heavy atom. The average Bonchev–Trinajstić information content (AvgIpc) is 1.80. The molecule has 0 aromatic carbocycles. The van der Waals surface area contributed by atoms with Crippen LogP contribution >= 0.6 is 0 Å². The number of hydrogen-bond donors (Lipinski definition) is 2. The Morgan fingerprint density at radius 2 is 2.33 bits per heavy atom. The summed E-state index contributed by atoms with van der Waals surface area (Å²) in [7, 11) is 0. The number of aliphatic hydroxyl groups excluding tert-OH is 1. The Balaban J connectivity index is 2.75. The first-order chi connectivity index (χ1) is 4.27. The molecule has 0 aliphatic heterocycles. The van der Waals surface area contributed by atoms with Crippen molar-refractivity contribution in [2.75, 3.05) is 13.2 Å². The number of rotatable bonds is 5. The number of hydrogen-bond acceptors (Lipinski definition) is 3. The van der Waals surface area contributed by atoms with Gasteiger partial charge in [0.05, 0.1) is 6.61 Å². The average molecular weight is 133 g/mol. The van der Waals surface area contributed by atoms with Gasteiger partial charge in [-0.05, 0) is 6.42 Å². The molecule has 0 heterocycles. The molecule has 0 aromatic rings. The molecule has 3 nitrogen and oxygen atoms in total. The van der Waals surface area contributed by atoms with Gasteiger partial charge in [0.1, 0.15) is 6.23 Å². The van der Waals surface area contributed by atoms with E-state index >= 15 is 0 Å². The third-order valence-corrected chi connectivity index (χ3v) is 0.931. The van der Waals surface area contributed by atoms with E-state index in [2.05, 4.69) is 6.92 Å². The zero-order valence-corrected chi connectivity index (χ0v) is 5.84. The molecule has 0 aliphatic carbocycles. The molecule has 0 spiro atoms. The van der Waals surface area contributed by atoms with E-state index in [9.17, 15) is 0 Å². The lowest BCUT2D eigenvalue weighted by Gasteiger charge is -2.04. The van der Waals surface area contributed by atoms with Crippen LogP contribution in [0.1, 0.15) is 19.8 Å². The first-order valence-corrected chi connectivity index (χ1v) is 3.28. The highest BCUT2D eigenvalue weighted by Gasteiger charge is 1.92. The molecule has 1 unspecified atom stereocenters. The van der Waals surface area contributed by atoms with Gasteiger partial charge in [0, 0.05) is 6.61 Å². The van der Waals surface area contributed by atoms with Crippen LogP contribution in [0.25, 0.3) is 0 Å². The Labute approximate surface area is 55.8 Å². The van der Waals surface area contributed by atoms with Crippen molar-refractivity contribution in [3.63, 3.8) is 0 Å². The van der Waals surface area contributed by atoms with Crippen LogP contribution in [0.3, 0.4) is 0 Å². The van der Waals surface area contributed by atoms with Crippen LogP contribution in [0.5, 0.6) is 0 Å². The minimum absolute atomic E-state index is 0.250. The Kier molecular flexibility index (Phi) is 5.93. The maximum absolute atomic E-state index is 8.50. The van der Waals surface area contributed by atoms with Crippen molar-refractivity contribution in [1.29, 1.82) is 0 Å². The molecule has 0 fully saturated rings. The first-order valence-electron chi connectivity index (χ1n) is 3.28. The highest BCUT2D eigenvalue weighted by molar-refractivity contribution is 4.39. The van der Waals surface area contributed by atoms with Crippen molar-refractivity contribution >= 4 is 0 Å². The lowest BCUT2D eigenvalue weighted by molar-refractivity contribution is 0.0390. The summed E-state index contributed by atoms with van der Waals surface area (Å²) in [5.74, 6) is 0. The normalized spacial score (nSPS) is 13.7. The highest BCUT2D eigenvalue weighted by Crippen LogP contribution is 1.87. The van der Waals surface area contributed by atoms with E-state index in [1.54, 1.807) is 0 Å². The monoisotopic (exact) mass is 133 g/mol. The van der Waals surface area contributed by atoms with E-state index in [-0.39, 0.29) is 6.61 Å². The summed E-state index contributed by atoms with van der Waals surface area (Å²) in [6.07, 6.45) is 1.33. The fourth-order valence-corrected chi connectivity index (χ4v) is 0.450. The lowest BCUT2D eigenvalue weighted by atomic mass is 10.4. The highest BCUT2D eigenvalue weighted by atomic mass is 16.5. The van der Waals surface area contributed by atoms with Crippen LogP contribution in [0.4, 0.5) is 0 Å². The van der Waals surface area contributed by atoms with E-state index in [1.165, 1.54) is 0 Å². The van der Waals surface area contributed by atoms with Gasteiger partial charge in [0.2, 0.25) is 0 Å². The molecular weight excluding hydrogens is 118 g/mol. The van der Waals surface area contributed by atoms with Crippen molar-refractivity contribution < 1.29 is 9.84 Å². The second kappa shape index (κ2) is 6.01. The topological polar surface area (TPSA) is 55.5 Å². The van der Waals surface area contributed by atoms with Gasteiger partial charge in [-0.15, -0.1) is 0 Å². The number of unbranched alkanes of at least 4 members (excludes halogenated alkanes) is 1. The predicted molar refractivity (Wildman–Crippen MR) is 35.9 cm³/mol. The van der Waals surface area contributed by atoms with Crippen LogP contribution in [0.15, 0.2) is 0 Å². The summed E-state index contributed by atoms with van der Waals surface area (Å²) in [6, 6.07) is 0. The van der Waals surface area contributed by atoms with Crippen molar-refractivity contribution in [1.82, 2.24) is 0 Å². The van der Waals surface area contributed by atoms with Crippen LogP contribution in [-0.4, -0.2) is 24.5 Å². The molecule has 9 heavy (non-hydrogen) atoms. The maximum atomic E-state index is 8.50. The van der Waals surface area contributed by atoms with Crippen molar-refractivity contribution in [2.45, 2.75) is 26.0 Å². The minimum Gasteiger partial charge on any atom is -0.377 e. The number of nitrogens with two attached hydrogens (primary N) is 1. The fraction of sp³-hybridized carbons (Fsp3) is 1.00. The molecule has 56 valence electrons. The Bertz CT molecular complexity index is 57.0. The molecular formula is C6H15NO2. The standard InChI is InChI=1S/C6H15NO2/c1-2-3-4-9-5-6(7)8/h6,8H,2-5,7H2,1H3. The van der Waals surface area contributed by atoms with Crippen LogP contribution in [0.2, 0.25) is 0 Å². The summed E-state index contributed by atoms with van der Waals surface area (Å²) in [5.41, 5.74) is 5.01. The Hall–Kier alpha value is -0.120. The second-order valence-electron chi connectivity index (χ2n) is 2.00. The molecule has 0 saturated heterocycles. The summed E-state index contributed by atoms with van der Waals surface area (Å²) in [6.45, 7) is 3.03. The summed E-state index contributed by atoms with van der Waals surface area (Å²) in [4.78, 5) is 0. The zero-order valence-electron chi connectivity index (χ0n) is 5.84. The smallest absolute Gasteiger partial charge is 0.126 e. The number of aliphatic hydroxyl groups is 1. The molecule has 0 radical (unpaired) electrons. The quantitative estimate of drug-likeness (QED) is 0.412. The van der Waals surface area contributed by atoms with Gasteiger partial charge in [0.15, 0.2) is 0 Å². The second-order valence-corrected chi connectivity index (χ2v) is 2.00. The third kappa shape index (κ3) is 7.88. The summed E-state index contributed by atoms with van der Waals surface area (Å²) >= 11 is 0. The number of ether oxygens (including phenoxy) is 1. The van der Waals surface area contributed by atoms with Crippen LogP contribution in [-0.2, 0) is 4.74 Å². The maximum Gasteiger partial charge on any atom is 0.126 e. The van der Waals surface area contributed by atoms with Crippen LogP contribution < -0.4 is 5.73 Å². The molecule has 0 amide bonds. The van der Waals surface area contributed by atoms with Crippen molar-refractivity contribution in [3.05, 3.63) is 0 Å². The fourth-order valence-electron chi connectivity index (χ4n) is 0.450. The largest absolute Gasteiger partial charge is 0.377 e. The molecule has 0 rings (SSSR count). The summed E-state index contributed by atoms with van der Waals surface area (Å²) in [5, 5.41) is 8.50. The molecule has 3 heteroatoms. The SMILES string of the molecule is CCCCOCC(N)O. The Morgan fingerprint density at radius 3 is 2.78 bits per heavy atom. The lowest BCUT2D eigenvalue weighted by Crippen LogP contribution is -2.25. The van der Waals surface area contributed by atoms with Gasteiger partial charge in [-0.3, -0.25) is 0 Å². The van der Waals surface area contributed by atoms with Gasteiger partial charge in [-0.25, -0.2) is 0 Å². The molecule has 0 aliphatic rings. The van der Waals surface area contributed by atoms with Gasteiger partial charge in [0.25, 0.3) is 0 Å². The molecule has 0 bridgehead atoms. The van der Waals surface area contributed by atoms with E-state index in [0.717, 1.165) is 12.8 Å². The van der Waals surface area contributed by atoms with Crippen molar-refractivity contribution in [2.24, 2.45) is 5.73 Å². The summed E-state index contributed by atoms with van der Waals surface area (Å²) < 4.78 is 4.96. The zero-order chi connectivity index (χ0) is 7.11. The van der Waals surface area contributed by atoms with E-state index < -0.39 is 6.23 Å². The predicted octanol–water partition coefficient (Wildman–Crippen LogP) is 0.0802. The molecule has 0 saturated carbocycles. The van der Waals surface area contributed by atoms with Gasteiger partial charge in [-0.1, -0.05) is 13.3 Å². The van der Waals surface area contributed by atoms with Gasteiger partial charge in [-0.2, -0.15) is 0 Å². The van der Waals surface area contributed by atoms with Crippen molar-refractivity contribution in [3.8, 4) is 0 Å². The minimum atomic E-state index is -0.818. The van der Waals surface area contributed by atoms with Crippen LogP contribution in [0, 0.1) is 0 Å². The van der Waals surface area contributed by atoms with E-state index in [1.807, 2.05) is 0 Å². The van der Waals surface area contributed by atoms with Gasteiger partial charge < -0.3 is 15.6 Å². The first kappa shape index (κ1) is 8.88. The third-order valence-electron chi connectivity index (χ3n) is 0.931. The molecule has 0 aromatic heterocycles. The van der Waals surface area contributed by atoms with Gasteiger partial charge >= 0.3 is 0 Å². The van der Waals surface area contributed by atoms with E-state index in [4.69, 9.17) is 15.6 Å². The molecule has 1 atom stereocenters. The molecule has 3 N–H and O–H groups in total. The van der Waals surface area contributed by atoms with E-state index in [0.29, 0.717) is 6.61 Å².